The lowest BCUT2D eigenvalue weighted by Gasteiger charge is -2.38. The molecule has 49 heavy (non-hydrogen) atoms. The molecule has 1 aromatic heterocycles. The molecular weight excluding hydrogens is 648 g/mol. The summed E-state index contributed by atoms with van der Waals surface area (Å²) >= 11 is -2.12. The summed E-state index contributed by atoms with van der Waals surface area (Å²) in [4.78, 5) is 49.0. The molecule has 0 radical (unpaired) electrons. The first-order chi connectivity index (χ1) is 23.1. The maximum atomic E-state index is 14.8. The Balaban J connectivity index is 1.57. The summed E-state index contributed by atoms with van der Waals surface area (Å²) in [5.74, 6) is -1.63. The van der Waals surface area contributed by atoms with Crippen molar-refractivity contribution < 1.29 is 37.0 Å². The van der Waals surface area contributed by atoms with E-state index in [4.69, 9.17) is 18.4 Å². The Morgan fingerprint density at radius 2 is 1.78 bits per heavy atom. The number of rotatable bonds is 10. The Hall–Kier alpha value is -3.29. The third kappa shape index (κ3) is 8.20. The summed E-state index contributed by atoms with van der Waals surface area (Å²) in [6.07, 6.45) is 6.31. The second kappa shape index (κ2) is 14.9. The lowest BCUT2D eigenvalue weighted by molar-refractivity contribution is -0.147. The number of hydrogen-bond acceptors (Lipinski definition) is 9. The van der Waals surface area contributed by atoms with E-state index in [2.05, 4.69) is 4.98 Å². The van der Waals surface area contributed by atoms with Crippen LogP contribution in [0.15, 0.2) is 49.1 Å². The van der Waals surface area contributed by atoms with Crippen molar-refractivity contribution in [1.29, 1.82) is 0 Å². The molecule has 12 nitrogen and oxygen atoms in total. The van der Waals surface area contributed by atoms with Gasteiger partial charge in [0.05, 0.1) is 18.0 Å². The highest BCUT2D eigenvalue weighted by Crippen LogP contribution is 2.44. The highest BCUT2D eigenvalue weighted by atomic mass is 32.2. The van der Waals surface area contributed by atoms with E-state index in [9.17, 15) is 18.6 Å². The lowest BCUT2D eigenvalue weighted by atomic mass is 9.79. The van der Waals surface area contributed by atoms with Crippen molar-refractivity contribution in [3.63, 3.8) is 0 Å². The first kappa shape index (κ1) is 37.0. The van der Waals surface area contributed by atoms with Crippen LogP contribution in [0, 0.1) is 17.8 Å². The molecule has 1 aliphatic carbocycles. The van der Waals surface area contributed by atoms with Crippen LogP contribution >= 0.6 is 0 Å². The zero-order valence-corrected chi connectivity index (χ0v) is 30.8. The average Bonchev–Trinajstić information content (AvgIpc) is 3.73. The maximum Gasteiger partial charge on any atom is 0.417 e. The van der Waals surface area contributed by atoms with Gasteiger partial charge in [0.2, 0.25) is 5.91 Å². The molecule has 13 heteroatoms. The summed E-state index contributed by atoms with van der Waals surface area (Å²) in [6.45, 7) is 14.5. The second-order valence-electron chi connectivity index (χ2n) is 15.3. The molecule has 3 amide bonds. The minimum absolute atomic E-state index is 0.303. The van der Waals surface area contributed by atoms with E-state index in [-0.39, 0.29) is 0 Å². The predicted molar refractivity (Wildman–Crippen MR) is 183 cm³/mol. The number of hydrogen-bond donors (Lipinski definition) is 0. The van der Waals surface area contributed by atoms with E-state index >= 15 is 0 Å². The van der Waals surface area contributed by atoms with Crippen molar-refractivity contribution in [3.05, 3.63) is 54.6 Å². The molecule has 3 fully saturated rings. The van der Waals surface area contributed by atoms with Gasteiger partial charge in [-0.2, -0.15) is 0 Å². The number of ether oxygens (including phenoxy) is 3. The minimum Gasteiger partial charge on any atom is -0.444 e. The van der Waals surface area contributed by atoms with Crippen LogP contribution in [-0.2, 0) is 34.5 Å². The normalized spacial score (nSPS) is 26.4. The zero-order chi connectivity index (χ0) is 35.7. The lowest BCUT2D eigenvalue weighted by Crippen LogP contribution is -2.55. The molecule has 7 atom stereocenters. The van der Waals surface area contributed by atoms with Crippen molar-refractivity contribution in [2.24, 2.45) is 17.8 Å². The molecule has 2 aliphatic heterocycles. The maximum absolute atomic E-state index is 14.8. The third-order valence-electron chi connectivity index (χ3n) is 9.77. The van der Waals surface area contributed by atoms with Gasteiger partial charge in [0.1, 0.15) is 36.0 Å². The molecule has 0 bridgehead atoms. The summed E-state index contributed by atoms with van der Waals surface area (Å²) in [5, 5.41) is 0. The minimum atomic E-state index is -2.12. The fraction of sp³-hybridized carbons (Fsp3) is 0.667. The van der Waals surface area contributed by atoms with E-state index in [0.717, 1.165) is 42.6 Å². The average molecular weight is 701 g/mol. The van der Waals surface area contributed by atoms with Crippen molar-refractivity contribution in [3.8, 4) is 0 Å². The molecule has 270 valence electrons. The first-order valence-corrected chi connectivity index (χ1v) is 18.5. The number of carbonyl (C=O) groups excluding carboxylic acids is 3. The van der Waals surface area contributed by atoms with E-state index in [0.29, 0.717) is 12.3 Å². The summed E-state index contributed by atoms with van der Waals surface area (Å²) in [7, 11) is 0. The van der Waals surface area contributed by atoms with Gasteiger partial charge in [-0.25, -0.2) is 27.7 Å². The van der Waals surface area contributed by atoms with Gasteiger partial charge in [0.15, 0.2) is 0 Å². The third-order valence-corrected chi connectivity index (χ3v) is 10.7. The van der Waals surface area contributed by atoms with Crippen LogP contribution in [0.4, 0.5) is 9.59 Å². The van der Waals surface area contributed by atoms with E-state index in [1.165, 1.54) is 22.7 Å². The summed E-state index contributed by atoms with van der Waals surface area (Å²) < 4.78 is 40.0. The Kier molecular flexibility index (Phi) is 11.2. The molecule has 5 rings (SSSR count). The van der Waals surface area contributed by atoms with Crippen LogP contribution in [0.3, 0.4) is 0 Å². The van der Waals surface area contributed by atoms with E-state index in [1.54, 1.807) is 25.7 Å². The quantitative estimate of drug-likeness (QED) is 0.263. The van der Waals surface area contributed by atoms with Gasteiger partial charge in [-0.05, 0) is 65.4 Å². The van der Waals surface area contributed by atoms with Crippen LogP contribution in [0.1, 0.15) is 106 Å². The van der Waals surface area contributed by atoms with Crippen molar-refractivity contribution in [2.45, 2.75) is 136 Å². The highest BCUT2D eigenvalue weighted by Gasteiger charge is 2.58. The molecular formula is C36H52N4O8S. The first-order valence-electron chi connectivity index (χ1n) is 17.4. The number of benzene rings is 1. The molecule has 1 aromatic carbocycles. The molecule has 3 aliphatic rings. The number of nitrogens with zero attached hydrogens (tertiary/aromatic N) is 4. The largest absolute Gasteiger partial charge is 0.444 e. The molecule has 2 aromatic rings. The topological polar surface area (TPSA) is 130 Å². The Morgan fingerprint density at radius 1 is 1.10 bits per heavy atom. The standard InChI is InChI=1S/C36H52N4O8S/c1-23(2)28(32(41)39-24(3)29(45-33(39)42)26-17-13-10-14-18-26)31(48-49(44)38-20-19-37-22-38)30-27(21-25-15-11-9-12-16-25)40(36(7,8)46-30)34(43)47-35(4,5)6/h10,13-14,17-20,22-25,27-31H,9,11-12,15-16,21H2,1-8H3/t24-,27+,28-,29-,30-,31-,49?/m1/s1. The van der Waals surface area contributed by atoms with Crippen molar-refractivity contribution in [2.75, 3.05) is 0 Å². The van der Waals surface area contributed by atoms with Gasteiger partial charge in [-0.15, -0.1) is 0 Å². The number of imide groups is 1. The van der Waals surface area contributed by atoms with Gasteiger partial charge in [-0.3, -0.25) is 13.9 Å². The second-order valence-corrected chi connectivity index (χ2v) is 16.4. The molecule has 0 N–H and O–H groups in total. The van der Waals surface area contributed by atoms with Crippen molar-refractivity contribution in [1.82, 2.24) is 18.8 Å². The van der Waals surface area contributed by atoms with E-state index < -0.39 is 82.9 Å². The predicted octanol–water partition coefficient (Wildman–Crippen LogP) is 6.79. The molecule has 1 saturated carbocycles. The molecule has 2 saturated heterocycles. The fourth-order valence-electron chi connectivity index (χ4n) is 7.58. The zero-order valence-electron chi connectivity index (χ0n) is 29.9. The monoisotopic (exact) mass is 700 g/mol. The molecule has 1 unspecified atom stereocenters. The SMILES string of the molecule is CC(C)[C@@H](C(=O)N1C(=O)O[C@@H](c2ccccc2)[C@H]1C)[C@@H](OS(=O)n1ccnc1)[C@@H]1OC(C)(C)N(C(=O)OC(C)(C)C)[C@H]1CC1CCCCC1. The Labute approximate surface area is 292 Å². The summed E-state index contributed by atoms with van der Waals surface area (Å²) in [6, 6.07) is 8.10. The number of aromatic nitrogens is 2. The number of imidazole rings is 1. The van der Waals surface area contributed by atoms with Gasteiger partial charge in [0, 0.05) is 12.4 Å². The van der Waals surface area contributed by atoms with Gasteiger partial charge >= 0.3 is 12.2 Å². The van der Waals surface area contributed by atoms with Crippen LogP contribution < -0.4 is 0 Å². The summed E-state index contributed by atoms with van der Waals surface area (Å²) in [5.41, 5.74) is -1.15. The van der Waals surface area contributed by atoms with E-state index in [1.807, 2.05) is 65.0 Å². The van der Waals surface area contributed by atoms with Crippen LogP contribution in [0.5, 0.6) is 0 Å². The molecule has 0 spiro atoms. The Bertz CT molecular complexity index is 1470. The molecule has 3 heterocycles. The van der Waals surface area contributed by atoms with Gasteiger partial charge in [0.25, 0.3) is 11.3 Å². The van der Waals surface area contributed by atoms with Gasteiger partial charge in [-0.1, -0.05) is 76.3 Å². The smallest absolute Gasteiger partial charge is 0.417 e. The van der Waals surface area contributed by atoms with Crippen molar-refractivity contribution >= 4 is 29.4 Å². The fourth-order valence-corrected chi connectivity index (χ4v) is 8.38. The number of cyclic esters (lactones) is 1. The van der Waals surface area contributed by atoms with Crippen LogP contribution in [0.25, 0.3) is 0 Å². The number of carbonyl (C=O) groups is 3. The Morgan fingerprint density at radius 3 is 2.37 bits per heavy atom. The van der Waals surface area contributed by atoms with Crippen LogP contribution in [-0.4, -0.2) is 76.7 Å². The van der Waals surface area contributed by atoms with Gasteiger partial charge < -0.3 is 14.2 Å². The van der Waals surface area contributed by atoms with Crippen LogP contribution in [0.2, 0.25) is 0 Å². The highest BCUT2D eigenvalue weighted by molar-refractivity contribution is 7.78. The number of amides is 3.